The number of furan rings is 1. The maximum absolute atomic E-state index is 12.8. The molecule has 2 aromatic carbocycles. The standard InChI is InChI=1S/C30H30N2O5/c1-18-5-10-20(11-6-18)27-22(14-9-19-7-12-21(13-8-19)30(2,3)4)23-16-32(29(35)31-28(23)37-27)26-15-24(34)25(17-33)36-26/h5-8,10-13,16,24-26,33-34H,15,17H2,1-4H3/t24-,25+,26+/m0/s1. The van der Waals surface area contributed by atoms with Crippen LogP contribution in [-0.2, 0) is 10.2 Å². The first-order chi connectivity index (χ1) is 17.6. The maximum Gasteiger partial charge on any atom is 0.353 e. The van der Waals surface area contributed by atoms with Gasteiger partial charge in [0.05, 0.1) is 23.7 Å². The zero-order valence-corrected chi connectivity index (χ0v) is 21.4. The van der Waals surface area contributed by atoms with Crippen molar-refractivity contribution in [3.63, 3.8) is 0 Å². The highest BCUT2D eigenvalue weighted by Gasteiger charge is 2.35. The Morgan fingerprint density at radius 2 is 1.78 bits per heavy atom. The number of aryl methyl sites for hydroxylation is 1. The fraction of sp³-hybridized carbons (Fsp3) is 0.333. The largest absolute Gasteiger partial charge is 0.436 e. The van der Waals surface area contributed by atoms with E-state index in [1.165, 1.54) is 10.1 Å². The Hall–Kier alpha value is -3.70. The summed E-state index contributed by atoms with van der Waals surface area (Å²) in [5.74, 6) is 7.02. The monoisotopic (exact) mass is 498 g/mol. The molecule has 190 valence electrons. The molecule has 1 saturated heterocycles. The molecule has 0 radical (unpaired) electrons. The minimum absolute atomic E-state index is 0.0472. The summed E-state index contributed by atoms with van der Waals surface area (Å²) in [7, 11) is 0. The van der Waals surface area contributed by atoms with E-state index in [1.54, 1.807) is 6.20 Å². The Kier molecular flexibility index (Phi) is 6.50. The van der Waals surface area contributed by atoms with Crippen molar-refractivity contribution >= 4 is 11.1 Å². The smallest absolute Gasteiger partial charge is 0.353 e. The zero-order valence-electron chi connectivity index (χ0n) is 21.4. The Balaban J connectivity index is 1.63. The van der Waals surface area contributed by atoms with Crippen LogP contribution in [0.25, 0.3) is 22.4 Å². The van der Waals surface area contributed by atoms with Gasteiger partial charge in [-0.05, 0) is 30.0 Å². The van der Waals surface area contributed by atoms with Crippen LogP contribution in [0.3, 0.4) is 0 Å². The third kappa shape index (κ3) is 4.96. The average Bonchev–Trinajstić information content (AvgIpc) is 3.41. The molecule has 0 amide bonds. The minimum Gasteiger partial charge on any atom is -0.436 e. The summed E-state index contributed by atoms with van der Waals surface area (Å²) >= 11 is 0. The molecule has 1 fully saturated rings. The molecule has 3 heterocycles. The molecule has 0 aliphatic carbocycles. The van der Waals surface area contributed by atoms with E-state index in [0.29, 0.717) is 16.7 Å². The van der Waals surface area contributed by atoms with E-state index in [4.69, 9.17) is 9.15 Å². The molecule has 37 heavy (non-hydrogen) atoms. The molecular weight excluding hydrogens is 468 g/mol. The third-order valence-electron chi connectivity index (χ3n) is 6.70. The number of aliphatic hydroxyl groups excluding tert-OH is 2. The van der Waals surface area contributed by atoms with Crippen molar-refractivity contribution in [1.82, 2.24) is 9.55 Å². The lowest BCUT2D eigenvalue weighted by molar-refractivity contribution is -0.0457. The van der Waals surface area contributed by atoms with E-state index in [1.807, 2.05) is 43.3 Å². The second-order valence-corrected chi connectivity index (χ2v) is 10.5. The van der Waals surface area contributed by atoms with Crippen molar-refractivity contribution in [2.24, 2.45) is 0 Å². The van der Waals surface area contributed by atoms with Crippen LogP contribution in [0.2, 0.25) is 0 Å². The van der Waals surface area contributed by atoms with Gasteiger partial charge in [-0.3, -0.25) is 4.57 Å². The number of aliphatic hydroxyl groups is 2. The van der Waals surface area contributed by atoms with E-state index >= 15 is 0 Å². The number of fused-ring (bicyclic) bond motifs is 1. The van der Waals surface area contributed by atoms with Crippen LogP contribution in [0.4, 0.5) is 0 Å². The third-order valence-corrected chi connectivity index (χ3v) is 6.70. The summed E-state index contributed by atoms with van der Waals surface area (Å²) in [6.07, 6.45) is -0.589. The molecule has 2 aromatic heterocycles. The molecule has 1 aliphatic heterocycles. The minimum atomic E-state index is -0.875. The number of benzene rings is 2. The highest BCUT2D eigenvalue weighted by molar-refractivity contribution is 5.89. The first kappa shape index (κ1) is 25.0. The SMILES string of the molecule is Cc1ccc(-c2oc3nc(=O)n([C@H]4C[C@H](O)[C@@H](CO)O4)cc3c2C#Cc2ccc(C(C)(C)C)cc2)cc1. The van der Waals surface area contributed by atoms with Gasteiger partial charge in [0, 0.05) is 23.7 Å². The molecule has 0 spiro atoms. The van der Waals surface area contributed by atoms with Crippen molar-refractivity contribution < 1.29 is 19.4 Å². The highest BCUT2D eigenvalue weighted by Crippen LogP contribution is 2.34. The molecule has 1 aliphatic rings. The summed E-state index contributed by atoms with van der Waals surface area (Å²) in [6, 6.07) is 16.0. The first-order valence-electron chi connectivity index (χ1n) is 12.3. The fourth-order valence-electron chi connectivity index (χ4n) is 4.45. The zero-order chi connectivity index (χ0) is 26.3. The lowest BCUT2D eigenvalue weighted by atomic mass is 9.87. The summed E-state index contributed by atoms with van der Waals surface area (Å²) in [6.45, 7) is 8.18. The van der Waals surface area contributed by atoms with Gasteiger partial charge < -0.3 is 19.4 Å². The van der Waals surface area contributed by atoms with Crippen LogP contribution in [0.5, 0.6) is 0 Å². The molecule has 2 N–H and O–H groups in total. The quantitative estimate of drug-likeness (QED) is 0.409. The van der Waals surface area contributed by atoms with Crippen LogP contribution in [-0.4, -0.2) is 38.6 Å². The van der Waals surface area contributed by atoms with Gasteiger partial charge in [0.1, 0.15) is 12.3 Å². The van der Waals surface area contributed by atoms with Crippen molar-refractivity contribution in [2.75, 3.05) is 6.61 Å². The topological polar surface area (TPSA) is 97.7 Å². The fourth-order valence-corrected chi connectivity index (χ4v) is 4.45. The van der Waals surface area contributed by atoms with E-state index < -0.39 is 24.1 Å². The van der Waals surface area contributed by atoms with E-state index in [9.17, 15) is 15.0 Å². The lowest BCUT2D eigenvalue weighted by Gasteiger charge is -2.18. The number of hydrogen-bond donors (Lipinski definition) is 2. The first-order valence-corrected chi connectivity index (χ1v) is 12.3. The van der Waals surface area contributed by atoms with Gasteiger partial charge in [-0.1, -0.05) is 74.6 Å². The van der Waals surface area contributed by atoms with E-state index in [2.05, 4.69) is 49.7 Å². The van der Waals surface area contributed by atoms with Crippen molar-refractivity contribution in [3.8, 4) is 23.2 Å². The Labute approximate surface area is 215 Å². The van der Waals surface area contributed by atoms with Crippen LogP contribution >= 0.6 is 0 Å². The summed E-state index contributed by atoms with van der Waals surface area (Å²) < 4.78 is 13.1. The van der Waals surface area contributed by atoms with Crippen molar-refractivity contribution in [3.05, 3.63) is 87.5 Å². The van der Waals surface area contributed by atoms with Crippen LogP contribution < -0.4 is 5.69 Å². The summed E-state index contributed by atoms with van der Waals surface area (Å²) in [5, 5.41) is 20.2. The molecule has 3 atom stereocenters. The molecule has 5 rings (SSSR count). The predicted molar refractivity (Wildman–Crippen MR) is 141 cm³/mol. The Morgan fingerprint density at radius 1 is 1.08 bits per heavy atom. The molecule has 0 saturated carbocycles. The van der Waals surface area contributed by atoms with Crippen LogP contribution in [0, 0.1) is 18.8 Å². The highest BCUT2D eigenvalue weighted by atomic mass is 16.5. The number of nitrogens with zero attached hydrogens (tertiary/aromatic N) is 2. The van der Waals surface area contributed by atoms with Gasteiger partial charge in [-0.15, -0.1) is 0 Å². The second-order valence-electron chi connectivity index (χ2n) is 10.5. The van der Waals surface area contributed by atoms with E-state index in [-0.39, 0.29) is 24.2 Å². The van der Waals surface area contributed by atoms with Gasteiger partial charge in [0.2, 0.25) is 5.71 Å². The summed E-state index contributed by atoms with van der Waals surface area (Å²) in [4.78, 5) is 17.0. The Morgan fingerprint density at radius 3 is 2.41 bits per heavy atom. The van der Waals surface area contributed by atoms with Crippen LogP contribution in [0.1, 0.15) is 55.7 Å². The Bertz CT molecular complexity index is 1550. The summed E-state index contributed by atoms with van der Waals surface area (Å²) in [5.41, 5.74) is 4.28. The van der Waals surface area contributed by atoms with Gasteiger partial charge in [-0.2, -0.15) is 4.98 Å². The van der Waals surface area contributed by atoms with Gasteiger partial charge in [0.25, 0.3) is 0 Å². The van der Waals surface area contributed by atoms with Crippen molar-refractivity contribution in [2.45, 2.75) is 58.0 Å². The molecule has 4 aromatic rings. The molecule has 7 heteroatoms. The van der Waals surface area contributed by atoms with E-state index in [0.717, 1.165) is 16.7 Å². The average molecular weight is 499 g/mol. The maximum atomic E-state index is 12.8. The molecule has 0 bridgehead atoms. The number of aromatic nitrogens is 2. The lowest BCUT2D eigenvalue weighted by Crippen LogP contribution is -2.27. The second kappa shape index (κ2) is 9.64. The van der Waals surface area contributed by atoms with Gasteiger partial charge in [-0.25, -0.2) is 4.79 Å². The predicted octanol–water partition coefficient (Wildman–Crippen LogP) is 4.30. The molecule has 7 nitrogen and oxygen atoms in total. The van der Waals surface area contributed by atoms with Gasteiger partial charge >= 0.3 is 5.69 Å². The number of ether oxygens (including phenoxy) is 1. The van der Waals surface area contributed by atoms with Crippen molar-refractivity contribution in [1.29, 1.82) is 0 Å². The van der Waals surface area contributed by atoms with Gasteiger partial charge in [0.15, 0.2) is 5.76 Å². The number of rotatable bonds is 3. The normalized spacial score (nSPS) is 19.7. The number of hydrogen-bond acceptors (Lipinski definition) is 6. The van der Waals surface area contributed by atoms with Crippen LogP contribution in [0.15, 0.2) is 63.9 Å². The molecular formula is C30H30N2O5. The molecule has 0 unspecified atom stereocenters.